The zero-order chi connectivity index (χ0) is 24.4. The van der Waals surface area contributed by atoms with Crippen LogP contribution in [-0.2, 0) is 13.1 Å². The molecule has 2 aromatic heterocycles. The van der Waals surface area contributed by atoms with E-state index in [1.54, 1.807) is 0 Å². The molecule has 3 aromatic rings. The molecular weight excluding hydrogens is 479 g/mol. The molecule has 4 aliphatic rings. The summed E-state index contributed by atoms with van der Waals surface area (Å²) in [6, 6.07) is 8.49. The van der Waals surface area contributed by atoms with Gasteiger partial charge in [0, 0.05) is 73.6 Å². The van der Waals surface area contributed by atoms with Gasteiger partial charge in [0.05, 0.1) is 12.2 Å². The van der Waals surface area contributed by atoms with Crippen molar-refractivity contribution in [2.45, 2.75) is 44.8 Å². The lowest BCUT2D eigenvalue weighted by Crippen LogP contribution is -2.62. The van der Waals surface area contributed by atoms with Crippen molar-refractivity contribution < 1.29 is 4.39 Å². The van der Waals surface area contributed by atoms with E-state index in [0.717, 1.165) is 86.1 Å². The van der Waals surface area contributed by atoms with Gasteiger partial charge < -0.3 is 4.90 Å². The van der Waals surface area contributed by atoms with Crippen LogP contribution in [0.25, 0.3) is 5.69 Å². The predicted octanol–water partition coefficient (Wildman–Crippen LogP) is 3.37. The number of hydrogen-bond donors (Lipinski definition) is 0. The summed E-state index contributed by atoms with van der Waals surface area (Å²) in [5.74, 6) is 3.29. The number of hydrogen-bond acceptors (Lipinski definition) is 7. The molecule has 3 fully saturated rings. The lowest BCUT2D eigenvalue weighted by Gasteiger charge is -2.58. The molecule has 2 saturated heterocycles. The summed E-state index contributed by atoms with van der Waals surface area (Å²) in [6.07, 6.45) is 4.06. The highest BCUT2D eigenvalue weighted by Crippen LogP contribution is 2.56. The van der Waals surface area contributed by atoms with Gasteiger partial charge in [-0.1, -0.05) is 11.6 Å². The van der Waals surface area contributed by atoms with Crippen LogP contribution in [0.3, 0.4) is 0 Å². The Morgan fingerprint density at radius 3 is 2.72 bits per heavy atom. The van der Waals surface area contributed by atoms with Gasteiger partial charge in [0.15, 0.2) is 5.82 Å². The molecule has 10 heteroatoms. The third kappa shape index (κ3) is 3.71. The van der Waals surface area contributed by atoms with Crippen molar-refractivity contribution in [2.24, 2.45) is 5.41 Å². The maximum absolute atomic E-state index is 12.8. The number of benzene rings is 1. The zero-order valence-electron chi connectivity index (χ0n) is 20.4. The van der Waals surface area contributed by atoms with Crippen molar-refractivity contribution in [1.29, 1.82) is 0 Å². The van der Waals surface area contributed by atoms with Gasteiger partial charge in [0.25, 0.3) is 0 Å². The SMILES string of the molecule is Cc1ccnc(N2CC3(CC(c4nnc5n4-c4ccc(Cl)cc4CN(C4CN(CCF)C4)C5)C3)C2)n1. The number of anilines is 1. The minimum Gasteiger partial charge on any atom is -0.340 e. The van der Waals surface area contributed by atoms with E-state index in [1.807, 2.05) is 25.3 Å². The van der Waals surface area contributed by atoms with Crippen molar-refractivity contribution in [3.8, 4) is 5.69 Å². The molecule has 1 aliphatic carbocycles. The van der Waals surface area contributed by atoms with Crippen LogP contribution in [0, 0.1) is 12.3 Å². The molecule has 3 aliphatic heterocycles. The van der Waals surface area contributed by atoms with E-state index in [9.17, 15) is 4.39 Å². The molecule has 0 amide bonds. The van der Waals surface area contributed by atoms with Gasteiger partial charge in [-0.3, -0.25) is 14.4 Å². The highest BCUT2D eigenvalue weighted by atomic mass is 35.5. The van der Waals surface area contributed by atoms with Crippen LogP contribution in [0.15, 0.2) is 30.5 Å². The molecule has 1 aromatic carbocycles. The van der Waals surface area contributed by atoms with E-state index in [1.165, 1.54) is 5.56 Å². The van der Waals surface area contributed by atoms with Crippen LogP contribution in [0.5, 0.6) is 0 Å². The van der Waals surface area contributed by atoms with E-state index in [-0.39, 0.29) is 6.67 Å². The molecule has 0 atom stereocenters. The zero-order valence-corrected chi connectivity index (χ0v) is 21.2. The van der Waals surface area contributed by atoms with Crippen molar-refractivity contribution in [3.63, 3.8) is 0 Å². The molecule has 0 unspecified atom stereocenters. The average molecular weight is 509 g/mol. The first-order valence-corrected chi connectivity index (χ1v) is 13.2. The highest BCUT2D eigenvalue weighted by molar-refractivity contribution is 6.30. The maximum atomic E-state index is 12.8. The fraction of sp³-hybridized carbons (Fsp3) is 0.538. The largest absolute Gasteiger partial charge is 0.340 e. The number of alkyl halides is 1. The van der Waals surface area contributed by atoms with Crippen molar-refractivity contribution in [2.75, 3.05) is 44.3 Å². The summed E-state index contributed by atoms with van der Waals surface area (Å²) >= 11 is 6.43. The van der Waals surface area contributed by atoms with Crippen LogP contribution >= 0.6 is 11.6 Å². The number of nitrogens with zero attached hydrogens (tertiary/aromatic N) is 8. The van der Waals surface area contributed by atoms with Gasteiger partial charge in [-0.25, -0.2) is 14.4 Å². The van der Waals surface area contributed by atoms with E-state index in [0.29, 0.717) is 23.9 Å². The van der Waals surface area contributed by atoms with Crippen LogP contribution in [0.4, 0.5) is 10.3 Å². The smallest absolute Gasteiger partial charge is 0.225 e. The molecule has 188 valence electrons. The first-order valence-electron chi connectivity index (χ1n) is 12.8. The van der Waals surface area contributed by atoms with Crippen molar-refractivity contribution in [3.05, 3.63) is 58.4 Å². The first-order chi connectivity index (χ1) is 17.5. The summed E-state index contributed by atoms with van der Waals surface area (Å²) < 4.78 is 15.1. The third-order valence-electron chi connectivity index (χ3n) is 8.45. The van der Waals surface area contributed by atoms with Crippen LogP contribution in [0.1, 0.15) is 41.7 Å². The second kappa shape index (κ2) is 8.46. The lowest BCUT2D eigenvalue weighted by atomic mass is 9.57. The molecule has 8 nitrogen and oxygen atoms in total. The van der Waals surface area contributed by atoms with Crippen LogP contribution < -0.4 is 4.90 Å². The standard InChI is InChI=1S/C26H30ClFN8/c1-17-4-6-29-25(30-17)35-15-26(16-35)9-19(10-26)24-32-31-23-14-34(21-12-33(13-21)7-5-28)11-18-8-20(27)2-3-22(18)36(23)24/h2-4,6,8,19,21H,5,7,9-16H2,1H3. The summed E-state index contributed by atoms with van der Waals surface area (Å²) in [5.41, 5.74) is 3.67. The minimum absolute atomic E-state index is 0.290. The number of aryl methyl sites for hydroxylation is 1. The molecule has 36 heavy (non-hydrogen) atoms. The Bertz CT molecular complexity index is 1290. The van der Waals surface area contributed by atoms with E-state index >= 15 is 0 Å². The van der Waals surface area contributed by atoms with Gasteiger partial charge in [-0.2, -0.15) is 0 Å². The summed E-state index contributed by atoms with van der Waals surface area (Å²) in [6.45, 7) is 7.59. The molecule has 7 rings (SSSR count). The van der Waals surface area contributed by atoms with Crippen LogP contribution in [0.2, 0.25) is 5.02 Å². The fourth-order valence-corrected chi connectivity index (χ4v) is 6.76. The number of fused-ring (bicyclic) bond motifs is 3. The van der Waals surface area contributed by atoms with Gasteiger partial charge in [0.2, 0.25) is 5.95 Å². The van der Waals surface area contributed by atoms with Gasteiger partial charge in [0.1, 0.15) is 12.5 Å². The Morgan fingerprint density at radius 2 is 1.94 bits per heavy atom. The predicted molar refractivity (Wildman–Crippen MR) is 135 cm³/mol. The molecular formula is C26H30ClFN8. The monoisotopic (exact) mass is 508 g/mol. The van der Waals surface area contributed by atoms with Gasteiger partial charge in [-0.05, 0) is 49.6 Å². The number of aromatic nitrogens is 5. The van der Waals surface area contributed by atoms with E-state index < -0.39 is 0 Å². The lowest BCUT2D eigenvalue weighted by molar-refractivity contribution is 0.0203. The van der Waals surface area contributed by atoms with E-state index in [4.69, 9.17) is 16.7 Å². The second-order valence-corrected chi connectivity index (χ2v) is 11.5. The Hall–Kier alpha value is -2.62. The van der Waals surface area contributed by atoms with Crippen molar-refractivity contribution in [1.82, 2.24) is 34.5 Å². The summed E-state index contributed by atoms with van der Waals surface area (Å²) in [7, 11) is 0. The Balaban J connectivity index is 1.11. The normalized spacial score (nSPS) is 21.9. The summed E-state index contributed by atoms with van der Waals surface area (Å²) in [4.78, 5) is 15.9. The van der Waals surface area contributed by atoms with Crippen molar-refractivity contribution >= 4 is 17.5 Å². The molecule has 5 heterocycles. The number of likely N-dealkylation sites (tertiary alicyclic amines) is 1. The minimum atomic E-state index is -0.290. The highest BCUT2D eigenvalue weighted by Gasteiger charge is 2.55. The second-order valence-electron chi connectivity index (χ2n) is 11.0. The molecule has 1 spiro atoms. The quantitative estimate of drug-likeness (QED) is 0.523. The average Bonchev–Trinajstić information content (AvgIpc) is 3.09. The molecule has 0 bridgehead atoms. The number of rotatable bonds is 5. The van der Waals surface area contributed by atoms with Gasteiger partial charge in [-0.15, -0.1) is 10.2 Å². The fourth-order valence-electron chi connectivity index (χ4n) is 6.57. The molecule has 1 saturated carbocycles. The van der Waals surface area contributed by atoms with Crippen LogP contribution in [-0.4, -0.2) is 80.0 Å². The summed E-state index contributed by atoms with van der Waals surface area (Å²) in [5, 5.41) is 10.2. The molecule has 0 N–H and O–H groups in total. The first kappa shape index (κ1) is 22.6. The third-order valence-corrected chi connectivity index (χ3v) is 8.69. The topological polar surface area (TPSA) is 66.2 Å². The van der Waals surface area contributed by atoms with E-state index in [2.05, 4.69) is 46.5 Å². The number of halogens is 2. The maximum Gasteiger partial charge on any atom is 0.225 e. The Kier molecular flexibility index (Phi) is 5.31. The van der Waals surface area contributed by atoms with Gasteiger partial charge >= 0.3 is 0 Å². The molecule has 0 radical (unpaired) electrons. The Labute approximate surface area is 215 Å². The Morgan fingerprint density at radius 1 is 1.11 bits per heavy atom.